The summed E-state index contributed by atoms with van der Waals surface area (Å²) in [5, 5.41) is 1.94. The Morgan fingerprint density at radius 1 is 1.38 bits per heavy atom. The van der Waals surface area contributed by atoms with Gasteiger partial charge in [-0.05, 0) is 48.9 Å². The summed E-state index contributed by atoms with van der Waals surface area (Å²) in [6, 6.07) is 5.02. The van der Waals surface area contributed by atoms with Gasteiger partial charge in [-0.15, -0.1) is 11.3 Å². The molecule has 2 aromatic rings. The maximum absolute atomic E-state index is 13.5. The van der Waals surface area contributed by atoms with Crippen molar-refractivity contribution in [2.24, 2.45) is 0 Å². The monoisotopic (exact) mass is 328 g/mol. The summed E-state index contributed by atoms with van der Waals surface area (Å²) in [4.78, 5) is 1.16. The van der Waals surface area contributed by atoms with E-state index in [1.165, 1.54) is 6.92 Å². The van der Waals surface area contributed by atoms with E-state index in [2.05, 4.69) is 4.72 Å². The van der Waals surface area contributed by atoms with E-state index in [4.69, 9.17) is 5.73 Å². The minimum Gasteiger partial charge on any atom is -0.396 e. The van der Waals surface area contributed by atoms with Gasteiger partial charge >= 0.3 is 0 Å². The molecule has 0 saturated heterocycles. The van der Waals surface area contributed by atoms with E-state index < -0.39 is 15.8 Å². The first kappa shape index (κ1) is 15.9. The van der Waals surface area contributed by atoms with E-state index >= 15 is 0 Å². The van der Waals surface area contributed by atoms with E-state index in [0.29, 0.717) is 18.5 Å². The number of thiophene rings is 1. The number of nitrogens with one attached hydrogen (secondary N) is 1. The first-order valence-electron chi connectivity index (χ1n) is 6.40. The summed E-state index contributed by atoms with van der Waals surface area (Å²) in [5.74, 6) is -0.595. The SMILES string of the molecule is Cc1cc(F)c(N)c(C)c1S(=O)(=O)NCCc1cccs1. The van der Waals surface area contributed by atoms with Crippen LogP contribution >= 0.6 is 11.3 Å². The van der Waals surface area contributed by atoms with Crippen LogP contribution in [0.4, 0.5) is 10.1 Å². The Hall–Kier alpha value is -1.44. The number of hydrogen-bond donors (Lipinski definition) is 2. The second kappa shape index (κ2) is 6.13. The number of benzene rings is 1. The first-order chi connectivity index (χ1) is 9.83. The topological polar surface area (TPSA) is 72.2 Å². The molecule has 1 aromatic heterocycles. The number of sulfonamides is 1. The largest absolute Gasteiger partial charge is 0.396 e. The standard InChI is InChI=1S/C14H17FN2O2S2/c1-9-8-12(15)13(16)10(2)14(9)21(18,19)17-6-5-11-4-3-7-20-11/h3-4,7-8,17H,5-6,16H2,1-2H3. The van der Waals surface area contributed by atoms with Gasteiger partial charge in [-0.3, -0.25) is 0 Å². The maximum atomic E-state index is 13.5. The van der Waals surface area contributed by atoms with Crippen LogP contribution in [0.15, 0.2) is 28.5 Å². The van der Waals surface area contributed by atoms with E-state index in [9.17, 15) is 12.8 Å². The van der Waals surface area contributed by atoms with Crippen molar-refractivity contribution in [2.75, 3.05) is 12.3 Å². The molecule has 0 aliphatic heterocycles. The minimum absolute atomic E-state index is 0.0626. The Kier molecular flexibility index (Phi) is 4.65. The maximum Gasteiger partial charge on any atom is 0.241 e. The lowest BCUT2D eigenvalue weighted by Gasteiger charge is -2.14. The summed E-state index contributed by atoms with van der Waals surface area (Å²) < 4.78 is 40.8. The predicted octanol–water partition coefficient (Wildman–Crippen LogP) is 2.61. The quantitative estimate of drug-likeness (QED) is 0.829. The zero-order chi connectivity index (χ0) is 15.6. The lowest BCUT2D eigenvalue weighted by molar-refractivity contribution is 0.579. The second-order valence-corrected chi connectivity index (χ2v) is 7.51. The molecule has 21 heavy (non-hydrogen) atoms. The average Bonchev–Trinajstić information content (AvgIpc) is 2.88. The molecule has 0 amide bonds. The van der Waals surface area contributed by atoms with Gasteiger partial charge in [0.05, 0.1) is 10.6 Å². The number of rotatable bonds is 5. The molecule has 0 radical (unpaired) electrons. The molecule has 1 aromatic carbocycles. The molecule has 4 nitrogen and oxygen atoms in total. The summed E-state index contributed by atoms with van der Waals surface area (Å²) in [7, 11) is -3.71. The summed E-state index contributed by atoms with van der Waals surface area (Å²) in [5.41, 5.74) is 6.06. The van der Waals surface area contributed by atoms with Gasteiger partial charge in [-0.25, -0.2) is 17.5 Å². The van der Waals surface area contributed by atoms with Crippen molar-refractivity contribution in [1.29, 1.82) is 0 Å². The Morgan fingerprint density at radius 3 is 2.71 bits per heavy atom. The number of hydrogen-bond acceptors (Lipinski definition) is 4. The fourth-order valence-corrected chi connectivity index (χ4v) is 4.40. The Balaban J connectivity index is 2.22. The molecular weight excluding hydrogens is 311 g/mol. The fourth-order valence-electron chi connectivity index (χ4n) is 2.18. The molecule has 0 atom stereocenters. The molecule has 2 rings (SSSR count). The van der Waals surface area contributed by atoms with Crippen LogP contribution in [0.25, 0.3) is 0 Å². The van der Waals surface area contributed by atoms with Crippen LogP contribution in [0.2, 0.25) is 0 Å². The molecule has 3 N–H and O–H groups in total. The van der Waals surface area contributed by atoms with Crippen LogP contribution in [0, 0.1) is 19.7 Å². The van der Waals surface area contributed by atoms with Crippen molar-refractivity contribution in [3.63, 3.8) is 0 Å². The number of nitrogens with two attached hydrogens (primary N) is 1. The van der Waals surface area contributed by atoms with Crippen molar-refractivity contribution in [1.82, 2.24) is 4.72 Å². The second-order valence-electron chi connectivity index (χ2n) is 4.77. The summed E-state index contributed by atoms with van der Waals surface area (Å²) in [6.45, 7) is 3.36. The zero-order valence-electron chi connectivity index (χ0n) is 11.8. The number of nitrogen functional groups attached to an aromatic ring is 1. The molecular formula is C14H17FN2O2S2. The lowest BCUT2D eigenvalue weighted by Crippen LogP contribution is -2.27. The van der Waals surface area contributed by atoms with Crippen LogP contribution < -0.4 is 10.5 Å². The first-order valence-corrected chi connectivity index (χ1v) is 8.76. The van der Waals surface area contributed by atoms with E-state index in [1.54, 1.807) is 18.3 Å². The third kappa shape index (κ3) is 3.42. The molecule has 0 bridgehead atoms. The normalized spacial score (nSPS) is 11.8. The minimum atomic E-state index is -3.71. The van der Waals surface area contributed by atoms with E-state index in [1.807, 2.05) is 17.5 Å². The van der Waals surface area contributed by atoms with Gasteiger partial charge in [-0.1, -0.05) is 6.07 Å². The van der Waals surface area contributed by atoms with Crippen molar-refractivity contribution >= 4 is 27.0 Å². The molecule has 0 spiro atoms. The van der Waals surface area contributed by atoms with Crippen LogP contribution in [0.5, 0.6) is 0 Å². The molecule has 0 aliphatic rings. The average molecular weight is 328 g/mol. The molecule has 0 fully saturated rings. The molecule has 7 heteroatoms. The van der Waals surface area contributed by atoms with Crippen LogP contribution in [-0.2, 0) is 16.4 Å². The number of aryl methyl sites for hydroxylation is 1. The summed E-state index contributed by atoms with van der Waals surface area (Å²) >= 11 is 1.58. The van der Waals surface area contributed by atoms with E-state index in [0.717, 1.165) is 10.9 Å². The van der Waals surface area contributed by atoms with Gasteiger partial charge < -0.3 is 5.73 Å². The third-order valence-electron chi connectivity index (χ3n) is 3.22. The van der Waals surface area contributed by atoms with Gasteiger partial charge in [0.15, 0.2) is 0 Å². The highest BCUT2D eigenvalue weighted by Gasteiger charge is 2.22. The predicted molar refractivity (Wildman–Crippen MR) is 83.5 cm³/mol. The van der Waals surface area contributed by atoms with Crippen LogP contribution in [0.3, 0.4) is 0 Å². The Labute approximate surface area is 127 Å². The van der Waals surface area contributed by atoms with Crippen LogP contribution in [0.1, 0.15) is 16.0 Å². The Morgan fingerprint density at radius 2 is 2.10 bits per heavy atom. The van der Waals surface area contributed by atoms with Crippen molar-refractivity contribution in [3.05, 3.63) is 45.4 Å². The number of halogens is 1. The smallest absolute Gasteiger partial charge is 0.241 e. The Bertz CT molecular complexity index is 741. The highest BCUT2D eigenvalue weighted by molar-refractivity contribution is 7.89. The molecule has 114 valence electrons. The molecule has 1 heterocycles. The zero-order valence-corrected chi connectivity index (χ0v) is 13.4. The van der Waals surface area contributed by atoms with Crippen molar-refractivity contribution < 1.29 is 12.8 Å². The van der Waals surface area contributed by atoms with Crippen molar-refractivity contribution in [3.8, 4) is 0 Å². The fraction of sp³-hybridized carbons (Fsp3) is 0.286. The highest BCUT2D eigenvalue weighted by Crippen LogP contribution is 2.27. The lowest BCUT2D eigenvalue weighted by atomic mass is 10.1. The molecule has 0 unspecified atom stereocenters. The van der Waals surface area contributed by atoms with Gasteiger partial charge in [0.2, 0.25) is 10.0 Å². The van der Waals surface area contributed by atoms with E-state index in [-0.39, 0.29) is 16.1 Å². The van der Waals surface area contributed by atoms with Gasteiger partial charge in [0.25, 0.3) is 0 Å². The van der Waals surface area contributed by atoms with Gasteiger partial charge in [-0.2, -0.15) is 0 Å². The molecule has 0 aliphatic carbocycles. The van der Waals surface area contributed by atoms with Crippen LogP contribution in [-0.4, -0.2) is 15.0 Å². The van der Waals surface area contributed by atoms with Gasteiger partial charge in [0.1, 0.15) is 5.82 Å². The van der Waals surface area contributed by atoms with Crippen molar-refractivity contribution in [2.45, 2.75) is 25.2 Å². The van der Waals surface area contributed by atoms with Gasteiger partial charge in [0, 0.05) is 11.4 Å². The molecule has 0 saturated carbocycles. The summed E-state index contributed by atoms with van der Waals surface area (Å²) in [6.07, 6.45) is 0.617. The third-order valence-corrected chi connectivity index (χ3v) is 5.90. The highest BCUT2D eigenvalue weighted by atomic mass is 32.2. The number of anilines is 1.